The average Bonchev–Trinajstić information content (AvgIpc) is 3.56. The molecule has 0 N–H and O–H groups in total. The monoisotopic (exact) mass is 700 g/mol. The molecular weight excluding hydrogens is 661 g/mol. The zero-order valence-electron chi connectivity index (χ0n) is 31.9. The molecule has 0 nitrogen and oxygen atoms in total. The molecule has 0 aliphatic heterocycles. The molecule has 0 radical (unpaired) electrons. The largest absolute Gasteiger partial charge is 0.0620 e. The molecule has 0 amide bonds. The van der Waals surface area contributed by atoms with Crippen LogP contribution < -0.4 is 0 Å². The number of hydrogen-bond donors (Lipinski definition) is 0. The zero-order chi connectivity index (χ0) is 37.1. The smallest absolute Gasteiger partial charge is 0.000695 e. The molecule has 0 heterocycles. The first-order valence-corrected chi connectivity index (χ1v) is 19.5. The molecule has 0 unspecified atom stereocenters. The van der Waals surface area contributed by atoms with E-state index in [4.69, 9.17) is 0 Å². The topological polar surface area (TPSA) is 0 Å². The van der Waals surface area contributed by atoms with Gasteiger partial charge in [0.15, 0.2) is 0 Å². The fourth-order valence-electron chi connectivity index (χ4n) is 9.99. The molecule has 0 aromatic heterocycles. The lowest BCUT2D eigenvalue weighted by molar-refractivity contribution is 1.46. The van der Waals surface area contributed by atoms with Gasteiger partial charge in [-0.15, -0.1) is 0 Å². The van der Waals surface area contributed by atoms with Crippen LogP contribution in [0.3, 0.4) is 0 Å². The van der Waals surface area contributed by atoms with E-state index in [9.17, 15) is 0 Å². The van der Waals surface area contributed by atoms with Gasteiger partial charge >= 0.3 is 0 Å². The van der Waals surface area contributed by atoms with Crippen LogP contribution in [0.25, 0.3) is 109 Å². The molecule has 0 bridgehead atoms. The van der Waals surface area contributed by atoms with Gasteiger partial charge in [0.05, 0.1) is 0 Å². The first kappa shape index (κ1) is 32.0. The molecule has 260 valence electrons. The van der Waals surface area contributed by atoms with Crippen LogP contribution in [0.1, 0.15) is 27.8 Å². The van der Waals surface area contributed by atoms with Crippen molar-refractivity contribution in [1.29, 1.82) is 0 Å². The van der Waals surface area contributed by atoms with Crippen LogP contribution in [0, 0.1) is 34.6 Å². The summed E-state index contributed by atoms with van der Waals surface area (Å²) < 4.78 is 0. The highest BCUT2D eigenvalue weighted by Crippen LogP contribution is 2.57. The van der Waals surface area contributed by atoms with Crippen LogP contribution in [0.4, 0.5) is 0 Å². The van der Waals surface area contributed by atoms with E-state index in [1.54, 1.807) is 0 Å². The molecule has 0 saturated carbocycles. The number of benzene rings is 10. The second-order valence-electron chi connectivity index (χ2n) is 15.8. The number of aryl methyl sites for hydroxylation is 5. The molecule has 0 fully saturated rings. The molecule has 0 heteroatoms. The van der Waals surface area contributed by atoms with Gasteiger partial charge in [0.2, 0.25) is 0 Å². The lowest BCUT2D eigenvalue weighted by Crippen LogP contribution is -1.92. The lowest BCUT2D eigenvalue weighted by Gasteiger charge is -2.19. The van der Waals surface area contributed by atoms with E-state index in [2.05, 4.69) is 186 Å². The lowest BCUT2D eigenvalue weighted by atomic mass is 9.84. The second-order valence-corrected chi connectivity index (χ2v) is 15.8. The Morgan fingerprint density at radius 2 is 0.364 bits per heavy atom. The first-order valence-electron chi connectivity index (χ1n) is 19.5. The van der Waals surface area contributed by atoms with E-state index >= 15 is 0 Å². The molecular formula is C55H40. The minimum atomic E-state index is 1.29. The van der Waals surface area contributed by atoms with Crippen molar-refractivity contribution in [3.05, 3.63) is 179 Å². The van der Waals surface area contributed by atoms with Gasteiger partial charge in [-0.2, -0.15) is 0 Å². The van der Waals surface area contributed by atoms with E-state index in [-0.39, 0.29) is 0 Å². The summed E-state index contributed by atoms with van der Waals surface area (Å²) in [5.41, 5.74) is 19.4. The maximum absolute atomic E-state index is 2.54. The third-order valence-electron chi connectivity index (χ3n) is 12.7. The first-order chi connectivity index (χ1) is 26.9. The summed E-state index contributed by atoms with van der Waals surface area (Å²) in [6, 6.07) is 57.4. The van der Waals surface area contributed by atoms with E-state index in [1.165, 1.54) is 137 Å². The van der Waals surface area contributed by atoms with Crippen LogP contribution in [0.2, 0.25) is 0 Å². The van der Waals surface area contributed by atoms with Crippen molar-refractivity contribution in [2.45, 2.75) is 34.6 Å². The van der Waals surface area contributed by atoms with E-state index in [0.29, 0.717) is 0 Å². The Balaban J connectivity index is 1.47. The Bertz CT molecular complexity index is 2760. The third-order valence-corrected chi connectivity index (χ3v) is 12.7. The second kappa shape index (κ2) is 11.7. The predicted octanol–water partition coefficient (Wildman–Crippen LogP) is 15.6. The van der Waals surface area contributed by atoms with Crippen molar-refractivity contribution in [2.75, 3.05) is 0 Å². The fraction of sp³-hybridized carbons (Fsp3) is 0.0909. The summed E-state index contributed by atoms with van der Waals surface area (Å²) in [6.07, 6.45) is 0. The van der Waals surface area contributed by atoms with Gasteiger partial charge in [-0.05, 0) is 202 Å². The zero-order valence-corrected chi connectivity index (χ0v) is 31.9. The van der Waals surface area contributed by atoms with E-state index < -0.39 is 0 Å². The van der Waals surface area contributed by atoms with Crippen LogP contribution in [0.15, 0.2) is 152 Å². The van der Waals surface area contributed by atoms with Gasteiger partial charge in [-0.1, -0.05) is 121 Å². The molecule has 0 aliphatic rings. The van der Waals surface area contributed by atoms with Crippen molar-refractivity contribution >= 4 is 53.9 Å². The summed E-state index contributed by atoms with van der Waals surface area (Å²) in [5.74, 6) is 0. The maximum atomic E-state index is 2.54. The molecule has 0 aliphatic carbocycles. The highest BCUT2D eigenvalue weighted by atomic mass is 14.3. The third kappa shape index (κ3) is 4.46. The molecule has 0 spiro atoms. The molecule has 11 aromatic carbocycles. The summed E-state index contributed by atoms with van der Waals surface area (Å²) in [6.45, 7) is 11.3. The van der Waals surface area contributed by atoms with Crippen molar-refractivity contribution in [3.8, 4) is 55.6 Å². The van der Waals surface area contributed by atoms with Crippen LogP contribution in [0.5, 0.6) is 0 Å². The standard InChI is InChI=1S/C55H40/c1-31-16-6-11-21-36(31)41-26-47-43(38-23-13-8-18-33(38)3)28-49-45(40-25-15-10-20-35(40)5)30-50-44(39-24-14-9-19-34(39)4)29-48-42(37-22-12-7-17-32(37)2)27-46(41)51-52(47)54(49)55(50)53(48)51/h6-30H,1-5H3. The van der Waals surface area contributed by atoms with Crippen LogP contribution in [-0.2, 0) is 0 Å². The Kier molecular flexibility index (Phi) is 6.83. The van der Waals surface area contributed by atoms with Crippen LogP contribution >= 0.6 is 0 Å². The van der Waals surface area contributed by atoms with Gasteiger partial charge in [0, 0.05) is 0 Å². The van der Waals surface area contributed by atoms with E-state index in [0.717, 1.165) is 0 Å². The quantitative estimate of drug-likeness (QED) is 0.157. The van der Waals surface area contributed by atoms with Gasteiger partial charge < -0.3 is 0 Å². The fourth-order valence-corrected chi connectivity index (χ4v) is 9.99. The Morgan fingerprint density at radius 1 is 0.200 bits per heavy atom. The van der Waals surface area contributed by atoms with Crippen molar-refractivity contribution in [2.24, 2.45) is 0 Å². The molecule has 11 rings (SSSR count). The summed E-state index contributed by atoms with van der Waals surface area (Å²) in [4.78, 5) is 0. The normalized spacial score (nSPS) is 12.1. The SMILES string of the molecule is Cc1ccccc1-c1cc2c(-c3ccccc3C)cc3c(-c4ccccc4C)cc4c(-c5ccccc5C)cc5c(-c6ccccc6C)cc1c1c5c4c3c21. The van der Waals surface area contributed by atoms with Gasteiger partial charge in [0.25, 0.3) is 0 Å². The van der Waals surface area contributed by atoms with Crippen molar-refractivity contribution in [1.82, 2.24) is 0 Å². The number of rotatable bonds is 5. The predicted molar refractivity (Wildman–Crippen MR) is 238 cm³/mol. The highest BCUT2D eigenvalue weighted by molar-refractivity contribution is 6.49. The summed E-state index contributed by atoms with van der Waals surface area (Å²) in [5, 5.41) is 13.6. The number of hydrogen-bond acceptors (Lipinski definition) is 0. The minimum absolute atomic E-state index is 1.29. The maximum Gasteiger partial charge on any atom is -0.000695 e. The van der Waals surface area contributed by atoms with Crippen molar-refractivity contribution in [3.63, 3.8) is 0 Å². The molecule has 0 saturated heterocycles. The van der Waals surface area contributed by atoms with Gasteiger partial charge in [0.1, 0.15) is 0 Å². The van der Waals surface area contributed by atoms with E-state index in [1.807, 2.05) is 0 Å². The Morgan fingerprint density at radius 3 is 0.527 bits per heavy atom. The Labute approximate surface area is 322 Å². The summed E-state index contributed by atoms with van der Waals surface area (Å²) in [7, 11) is 0. The van der Waals surface area contributed by atoms with Crippen molar-refractivity contribution < 1.29 is 0 Å². The average molecular weight is 701 g/mol. The molecule has 0 atom stereocenters. The van der Waals surface area contributed by atoms with Gasteiger partial charge in [-0.3, -0.25) is 0 Å². The summed E-state index contributed by atoms with van der Waals surface area (Å²) >= 11 is 0. The van der Waals surface area contributed by atoms with Crippen LogP contribution in [-0.4, -0.2) is 0 Å². The van der Waals surface area contributed by atoms with Gasteiger partial charge in [-0.25, -0.2) is 0 Å². The minimum Gasteiger partial charge on any atom is -0.0620 e. The highest BCUT2D eigenvalue weighted by Gasteiger charge is 2.30. The molecule has 11 aromatic rings. The Hall–Kier alpha value is -6.50. The molecule has 55 heavy (non-hydrogen) atoms.